The van der Waals surface area contributed by atoms with Gasteiger partial charge >= 0.3 is 0 Å². The first kappa shape index (κ1) is 15.6. The van der Waals surface area contributed by atoms with E-state index in [1.165, 1.54) is 4.68 Å². The summed E-state index contributed by atoms with van der Waals surface area (Å²) in [6, 6.07) is 1.72. The maximum atomic E-state index is 11.5. The number of anilines is 1. The third kappa shape index (κ3) is 4.62. The number of nitrogens with zero attached hydrogens (tertiary/aromatic N) is 5. The van der Waals surface area contributed by atoms with E-state index in [0.29, 0.717) is 6.54 Å². The number of halogens is 1. The highest BCUT2D eigenvalue weighted by Crippen LogP contribution is 2.08. The summed E-state index contributed by atoms with van der Waals surface area (Å²) in [5.74, 6) is 0.338. The molecule has 0 spiro atoms. The lowest BCUT2D eigenvalue weighted by molar-refractivity contribution is 0.584. The topological polar surface area (TPSA) is 115 Å². The molecule has 0 bridgehead atoms. The molecule has 2 aromatic heterocycles. The van der Waals surface area contributed by atoms with Crippen LogP contribution in [-0.2, 0) is 10.0 Å². The molecule has 9 nitrogen and oxygen atoms in total. The predicted octanol–water partition coefficient (Wildman–Crippen LogP) is 0.0619. The number of rotatable bonds is 7. The van der Waals surface area contributed by atoms with Crippen molar-refractivity contribution < 1.29 is 8.42 Å². The van der Waals surface area contributed by atoms with Crippen molar-refractivity contribution >= 4 is 27.6 Å². The summed E-state index contributed by atoms with van der Waals surface area (Å²) in [5.41, 5.74) is 0. The normalized spacial score (nSPS) is 11.5. The zero-order chi connectivity index (χ0) is 15.3. The molecule has 2 N–H and O–H groups in total. The Kier molecular flexibility index (Phi) is 5.04. The largest absolute Gasteiger partial charge is 0.353 e. The summed E-state index contributed by atoms with van der Waals surface area (Å²) in [6.07, 6.45) is 3.23. The molecule has 0 atom stereocenters. The van der Waals surface area contributed by atoms with Gasteiger partial charge in [-0.05, 0) is 17.7 Å². The Hall–Kier alpha value is -1.78. The lowest BCUT2D eigenvalue weighted by Crippen LogP contribution is -2.29. The number of hydrogen-bond donors (Lipinski definition) is 2. The third-order valence-corrected chi connectivity index (χ3v) is 3.96. The van der Waals surface area contributed by atoms with Gasteiger partial charge in [-0.3, -0.25) is 0 Å². The molecular formula is C10H14ClN7O2S. The van der Waals surface area contributed by atoms with Gasteiger partial charge in [0, 0.05) is 25.5 Å². The fourth-order valence-electron chi connectivity index (χ4n) is 1.50. The Bertz CT molecular complexity index is 689. The van der Waals surface area contributed by atoms with Crippen LogP contribution in [-0.4, -0.2) is 52.0 Å². The van der Waals surface area contributed by atoms with Crippen LogP contribution in [0.15, 0.2) is 18.5 Å². The van der Waals surface area contributed by atoms with Gasteiger partial charge in [0.15, 0.2) is 0 Å². The first-order valence-corrected chi connectivity index (χ1v) is 8.16. The minimum Gasteiger partial charge on any atom is -0.353 e. The van der Waals surface area contributed by atoms with Crippen LogP contribution in [0, 0.1) is 0 Å². The number of hydrogen-bond acceptors (Lipinski definition) is 7. The summed E-state index contributed by atoms with van der Waals surface area (Å²) >= 11 is 5.81. The zero-order valence-electron chi connectivity index (χ0n) is 11.2. The first-order valence-electron chi connectivity index (χ1n) is 6.13. The van der Waals surface area contributed by atoms with Crippen molar-refractivity contribution in [2.24, 2.45) is 0 Å². The first-order chi connectivity index (χ1) is 10.00. The SMILES string of the molecule is CCNS(=O)(=O)CCNc1nc(Cl)nc(-n2cccn2)n1. The van der Waals surface area contributed by atoms with E-state index >= 15 is 0 Å². The molecule has 0 aliphatic carbocycles. The van der Waals surface area contributed by atoms with Crippen LogP contribution in [0.5, 0.6) is 0 Å². The molecule has 2 heterocycles. The van der Waals surface area contributed by atoms with Crippen LogP contribution in [0.25, 0.3) is 5.95 Å². The maximum absolute atomic E-state index is 11.5. The molecule has 0 aliphatic rings. The van der Waals surface area contributed by atoms with Crippen LogP contribution < -0.4 is 10.0 Å². The van der Waals surface area contributed by atoms with Crippen molar-refractivity contribution in [2.75, 3.05) is 24.2 Å². The van der Waals surface area contributed by atoms with E-state index < -0.39 is 10.0 Å². The second kappa shape index (κ2) is 6.78. The Balaban J connectivity index is 2.04. The minimum atomic E-state index is -3.30. The van der Waals surface area contributed by atoms with Crippen molar-refractivity contribution in [3.05, 3.63) is 23.7 Å². The second-order valence-corrected chi connectivity index (χ2v) is 6.19. The van der Waals surface area contributed by atoms with Gasteiger partial charge < -0.3 is 5.32 Å². The van der Waals surface area contributed by atoms with Gasteiger partial charge in [0.2, 0.25) is 21.3 Å². The average molecular weight is 332 g/mol. The average Bonchev–Trinajstić information content (AvgIpc) is 2.91. The van der Waals surface area contributed by atoms with Gasteiger partial charge in [0.05, 0.1) is 5.75 Å². The Morgan fingerprint density at radius 2 is 2.14 bits per heavy atom. The molecule has 2 rings (SSSR count). The number of aromatic nitrogens is 5. The van der Waals surface area contributed by atoms with Crippen LogP contribution >= 0.6 is 11.6 Å². The van der Waals surface area contributed by atoms with Gasteiger partial charge in [-0.2, -0.15) is 20.1 Å². The van der Waals surface area contributed by atoms with Crippen LogP contribution in [0.3, 0.4) is 0 Å². The molecule has 21 heavy (non-hydrogen) atoms. The maximum Gasteiger partial charge on any atom is 0.256 e. The van der Waals surface area contributed by atoms with Crippen LogP contribution in [0.1, 0.15) is 6.92 Å². The molecule has 0 amide bonds. The van der Waals surface area contributed by atoms with E-state index in [-0.39, 0.29) is 29.5 Å². The summed E-state index contributed by atoms with van der Waals surface area (Å²) in [6.45, 7) is 2.21. The lowest BCUT2D eigenvalue weighted by atomic mass is 10.7. The Morgan fingerprint density at radius 1 is 1.33 bits per heavy atom. The summed E-state index contributed by atoms with van der Waals surface area (Å²) in [5, 5.41) is 6.77. The van der Waals surface area contributed by atoms with Gasteiger partial charge in [-0.25, -0.2) is 17.8 Å². The molecule has 114 valence electrons. The summed E-state index contributed by atoms with van der Waals surface area (Å²) < 4.78 is 26.8. The van der Waals surface area contributed by atoms with Gasteiger partial charge in [-0.15, -0.1) is 0 Å². The van der Waals surface area contributed by atoms with E-state index in [4.69, 9.17) is 11.6 Å². The highest BCUT2D eigenvalue weighted by atomic mass is 35.5. The van der Waals surface area contributed by atoms with E-state index in [2.05, 4.69) is 30.1 Å². The summed E-state index contributed by atoms with van der Waals surface area (Å²) in [7, 11) is -3.30. The predicted molar refractivity (Wildman–Crippen MR) is 77.9 cm³/mol. The molecule has 11 heteroatoms. The van der Waals surface area contributed by atoms with E-state index in [0.717, 1.165) is 0 Å². The standard InChI is InChI=1S/C10H14ClN7O2S/c1-2-14-21(19,20)7-5-12-9-15-8(11)16-10(17-9)18-6-3-4-13-18/h3-4,6,14H,2,5,7H2,1H3,(H,12,15,16,17). The van der Waals surface area contributed by atoms with Crippen molar-refractivity contribution in [2.45, 2.75) is 6.92 Å². The van der Waals surface area contributed by atoms with Gasteiger partial charge in [-0.1, -0.05) is 6.92 Å². The zero-order valence-corrected chi connectivity index (χ0v) is 12.8. The molecule has 0 fully saturated rings. The van der Waals surface area contributed by atoms with E-state index in [9.17, 15) is 8.42 Å². The van der Waals surface area contributed by atoms with Crippen molar-refractivity contribution in [3.63, 3.8) is 0 Å². The monoisotopic (exact) mass is 331 g/mol. The number of sulfonamides is 1. The number of nitrogens with one attached hydrogen (secondary N) is 2. The third-order valence-electron chi connectivity index (χ3n) is 2.32. The Morgan fingerprint density at radius 3 is 2.81 bits per heavy atom. The second-order valence-electron chi connectivity index (χ2n) is 3.92. The molecule has 0 saturated heterocycles. The fraction of sp³-hybridized carbons (Fsp3) is 0.400. The van der Waals surface area contributed by atoms with Crippen molar-refractivity contribution in [1.29, 1.82) is 0 Å². The van der Waals surface area contributed by atoms with Gasteiger partial charge in [0.25, 0.3) is 5.95 Å². The molecule has 0 unspecified atom stereocenters. The van der Waals surface area contributed by atoms with Crippen molar-refractivity contribution in [3.8, 4) is 5.95 Å². The molecule has 0 saturated carbocycles. The van der Waals surface area contributed by atoms with E-state index in [1.54, 1.807) is 25.4 Å². The smallest absolute Gasteiger partial charge is 0.256 e. The molecule has 2 aromatic rings. The highest BCUT2D eigenvalue weighted by molar-refractivity contribution is 7.89. The van der Waals surface area contributed by atoms with E-state index in [1.807, 2.05) is 0 Å². The summed E-state index contributed by atoms with van der Waals surface area (Å²) in [4.78, 5) is 11.9. The quantitative estimate of drug-likeness (QED) is 0.737. The van der Waals surface area contributed by atoms with Crippen molar-refractivity contribution in [1.82, 2.24) is 29.5 Å². The molecule has 0 radical (unpaired) electrons. The highest BCUT2D eigenvalue weighted by Gasteiger charge is 2.10. The minimum absolute atomic E-state index is 0.00691. The molecular weight excluding hydrogens is 318 g/mol. The fourth-order valence-corrected chi connectivity index (χ4v) is 2.61. The Labute approximate surface area is 126 Å². The van der Waals surface area contributed by atoms with Gasteiger partial charge in [0.1, 0.15) is 0 Å². The molecule has 0 aromatic carbocycles. The lowest BCUT2D eigenvalue weighted by Gasteiger charge is -2.07. The molecule has 0 aliphatic heterocycles. The van der Waals surface area contributed by atoms with Crippen LogP contribution in [0.4, 0.5) is 5.95 Å². The van der Waals surface area contributed by atoms with Crippen LogP contribution in [0.2, 0.25) is 5.28 Å².